The molecule has 1 aromatic heterocycles. The quantitative estimate of drug-likeness (QED) is 0.745. The predicted molar refractivity (Wildman–Crippen MR) is 50.8 cm³/mol. The maximum atomic E-state index is 5.28. The molecule has 1 atom stereocenters. The normalized spacial score (nSPS) is 21.8. The van der Waals surface area contributed by atoms with Crippen molar-refractivity contribution >= 4 is 0 Å². The number of rotatable bonds is 2. The minimum atomic E-state index is 0.434. The Morgan fingerprint density at radius 3 is 3.23 bits per heavy atom. The topological polar surface area (TPSA) is 34.1 Å². The van der Waals surface area contributed by atoms with Gasteiger partial charge in [-0.25, -0.2) is 0 Å². The van der Waals surface area contributed by atoms with E-state index in [4.69, 9.17) is 4.74 Å². The Kier molecular flexibility index (Phi) is 2.45. The van der Waals surface area contributed by atoms with Crippen LogP contribution >= 0.6 is 0 Å². The lowest BCUT2D eigenvalue weighted by molar-refractivity contribution is 0.402. The Morgan fingerprint density at radius 2 is 2.54 bits per heavy atom. The largest absolute Gasteiger partial charge is 0.496 e. The highest BCUT2D eigenvalue weighted by Crippen LogP contribution is 2.29. The van der Waals surface area contributed by atoms with Crippen molar-refractivity contribution in [2.45, 2.75) is 18.9 Å². The van der Waals surface area contributed by atoms with E-state index in [1.165, 1.54) is 18.4 Å². The molecule has 0 aromatic carbocycles. The monoisotopic (exact) mass is 178 g/mol. The molecule has 1 fully saturated rings. The minimum absolute atomic E-state index is 0.434. The van der Waals surface area contributed by atoms with E-state index in [0.717, 1.165) is 12.3 Å². The lowest BCUT2D eigenvalue weighted by Crippen LogP contribution is -2.13. The second-order valence-corrected chi connectivity index (χ2v) is 3.27. The van der Waals surface area contributed by atoms with Gasteiger partial charge in [0, 0.05) is 24.0 Å². The third-order valence-electron chi connectivity index (χ3n) is 2.47. The Morgan fingerprint density at radius 1 is 1.62 bits per heavy atom. The summed E-state index contributed by atoms with van der Waals surface area (Å²) in [5.74, 6) is 0.939. The van der Waals surface area contributed by atoms with Crippen molar-refractivity contribution in [2.75, 3.05) is 13.7 Å². The standard InChI is InChI=1S/C10H14N2O/c1-13-10-4-6-11-7-8(10)9-3-2-5-12-9/h4,6-7,9,12H,2-3,5H2,1H3/t9-/m1/s1. The van der Waals surface area contributed by atoms with Gasteiger partial charge in [0.25, 0.3) is 0 Å². The van der Waals surface area contributed by atoms with Crippen LogP contribution in [0.4, 0.5) is 0 Å². The van der Waals surface area contributed by atoms with Crippen LogP contribution in [0, 0.1) is 0 Å². The molecule has 0 saturated carbocycles. The molecule has 0 unspecified atom stereocenters. The van der Waals surface area contributed by atoms with Crippen LogP contribution in [0.3, 0.4) is 0 Å². The van der Waals surface area contributed by atoms with Crippen molar-refractivity contribution in [2.24, 2.45) is 0 Å². The van der Waals surface area contributed by atoms with Gasteiger partial charge in [-0.15, -0.1) is 0 Å². The second-order valence-electron chi connectivity index (χ2n) is 3.27. The summed E-state index contributed by atoms with van der Waals surface area (Å²) < 4.78 is 5.28. The number of methoxy groups -OCH3 is 1. The van der Waals surface area contributed by atoms with Crippen molar-refractivity contribution in [1.29, 1.82) is 0 Å². The summed E-state index contributed by atoms with van der Waals surface area (Å²) in [6.45, 7) is 1.10. The van der Waals surface area contributed by atoms with E-state index in [-0.39, 0.29) is 0 Å². The number of hydrogen-bond acceptors (Lipinski definition) is 3. The number of aromatic nitrogens is 1. The average molecular weight is 178 g/mol. The molecule has 1 saturated heterocycles. The molecular weight excluding hydrogens is 164 g/mol. The zero-order valence-corrected chi connectivity index (χ0v) is 7.79. The maximum absolute atomic E-state index is 5.28. The molecule has 0 radical (unpaired) electrons. The molecule has 3 heteroatoms. The lowest BCUT2D eigenvalue weighted by atomic mass is 10.1. The summed E-state index contributed by atoms with van der Waals surface area (Å²) in [5.41, 5.74) is 1.18. The average Bonchev–Trinajstić information content (AvgIpc) is 2.70. The Hall–Kier alpha value is -1.09. The summed E-state index contributed by atoms with van der Waals surface area (Å²) in [5, 5.41) is 3.43. The van der Waals surface area contributed by atoms with E-state index in [0.29, 0.717) is 6.04 Å². The van der Waals surface area contributed by atoms with E-state index in [2.05, 4.69) is 10.3 Å². The lowest BCUT2D eigenvalue weighted by Gasteiger charge is -2.13. The molecule has 70 valence electrons. The van der Waals surface area contributed by atoms with Gasteiger partial charge >= 0.3 is 0 Å². The van der Waals surface area contributed by atoms with Gasteiger partial charge < -0.3 is 10.1 Å². The number of nitrogens with zero attached hydrogens (tertiary/aromatic N) is 1. The van der Waals surface area contributed by atoms with Crippen molar-refractivity contribution in [3.63, 3.8) is 0 Å². The van der Waals surface area contributed by atoms with Crippen LogP contribution in [0.2, 0.25) is 0 Å². The highest BCUT2D eigenvalue weighted by Gasteiger charge is 2.19. The fraction of sp³-hybridized carbons (Fsp3) is 0.500. The second kappa shape index (κ2) is 3.75. The number of pyridine rings is 1. The van der Waals surface area contributed by atoms with Gasteiger partial charge in [-0.1, -0.05) is 0 Å². The van der Waals surface area contributed by atoms with Gasteiger partial charge in [0.05, 0.1) is 7.11 Å². The van der Waals surface area contributed by atoms with Crippen LogP contribution in [-0.2, 0) is 0 Å². The zero-order chi connectivity index (χ0) is 9.10. The van der Waals surface area contributed by atoms with Crippen molar-refractivity contribution in [1.82, 2.24) is 10.3 Å². The smallest absolute Gasteiger partial charge is 0.126 e. The zero-order valence-electron chi connectivity index (χ0n) is 7.79. The number of hydrogen-bond donors (Lipinski definition) is 1. The Balaban J connectivity index is 2.26. The van der Waals surface area contributed by atoms with Crippen LogP contribution in [-0.4, -0.2) is 18.6 Å². The Bertz CT molecular complexity index is 282. The van der Waals surface area contributed by atoms with Gasteiger partial charge in [-0.3, -0.25) is 4.98 Å². The number of nitrogens with one attached hydrogen (secondary N) is 1. The van der Waals surface area contributed by atoms with Crippen molar-refractivity contribution < 1.29 is 4.74 Å². The molecule has 1 aromatic rings. The van der Waals surface area contributed by atoms with Crippen LogP contribution in [0.1, 0.15) is 24.4 Å². The summed E-state index contributed by atoms with van der Waals surface area (Å²) >= 11 is 0. The summed E-state index contributed by atoms with van der Waals surface area (Å²) in [6, 6.07) is 2.35. The first-order chi connectivity index (χ1) is 6.42. The van der Waals surface area contributed by atoms with E-state index >= 15 is 0 Å². The van der Waals surface area contributed by atoms with Crippen LogP contribution in [0.15, 0.2) is 18.5 Å². The highest BCUT2D eigenvalue weighted by atomic mass is 16.5. The molecule has 0 spiro atoms. The fourth-order valence-electron chi connectivity index (χ4n) is 1.79. The summed E-state index contributed by atoms with van der Waals surface area (Å²) in [4.78, 5) is 4.12. The fourth-order valence-corrected chi connectivity index (χ4v) is 1.79. The van der Waals surface area contributed by atoms with Gasteiger partial charge in [0.2, 0.25) is 0 Å². The molecule has 1 N–H and O–H groups in total. The molecule has 2 rings (SSSR count). The summed E-state index contributed by atoms with van der Waals surface area (Å²) in [6.07, 6.45) is 6.07. The van der Waals surface area contributed by atoms with Crippen LogP contribution in [0.5, 0.6) is 5.75 Å². The highest BCUT2D eigenvalue weighted by molar-refractivity contribution is 5.33. The molecule has 3 nitrogen and oxygen atoms in total. The van der Waals surface area contributed by atoms with Crippen molar-refractivity contribution in [3.8, 4) is 5.75 Å². The van der Waals surface area contributed by atoms with Gasteiger partial charge in [0.15, 0.2) is 0 Å². The SMILES string of the molecule is COc1ccncc1[C@H]1CCCN1. The van der Waals surface area contributed by atoms with Gasteiger partial charge in [0.1, 0.15) is 5.75 Å². The first kappa shape index (κ1) is 8.51. The third kappa shape index (κ3) is 1.65. The molecular formula is C10H14N2O. The number of ether oxygens (including phenoxy) is 1. The molecule has 1 aliphatic rings. The van der Waals surface area contributed by atoms with Gasteiger partial charge in [-0.2, -0.15) is 0 Å². The summed E-state index contributed by atoms with van der Waals surface area (Å²) in [7, 11) is 1.70. The Labute approximate surface area is 78.1 Å². The van der Waals surface area contributed by atoms with Gasteiger partial charge in [-0.05, 0) is 25.5 Å². The van der Waals surface area contributed by atoms with Crippen LogP contribution in [0.25, 0.3) is 0 Å². The molecule has 2 heterocycles. The van der Waals surface area contributed by atoms with Crippen LogP contribution < -0.4 is 10.1 Å². The van der Waals surface area contributed by atoms with Crippen molar-refractivity contribution in [3.05, 3.63) is 24.0 Å². The molecule has 13 heavy (non-hydrogen) atoms. The van der Waals surface area contributed by atoms with E-state index in [9.17, 15) is 0 Å². The van der Waals surface area contributed by atoms with E-state index in [1.807, 2.05) is 12.3 Å². The first-order valence-electron chi connectivity index (χ1n) is 4.63. The molecule has 0 bridgehead atoms. The molecule has 0 aliphatic carbocycles. The molecule has 1 aliphatic heterocycles. The third-order valence-corrected chi connectivity index (χ3v) is 2.47. The predicted octanol–water partition coefficient (Wildman–Crippen LogP) is 1.51. The van der Waals surface area contributed by atoms with E-state index < -0.39 is 0 Å². The molecule has 0 amide bonds. The van der Waals surface area contributed by atoms with E-state index in [1.54, 1.807) is 13.3 Å². The maximum Gasteiger partial charge on any atom is 0.126 e. The first-order valence-corrected chi connectivity index (χ1v) is 4.63. The minimum Gasteiger partial charge on any atom is -0.496 e.